The van der Waals surface area contributed by atoms with E-state index in [0.29, 0.717) is 15.7 Å². The molecule has 31 heavy (non-hydrogen) atoms. The predicted octanol–water partition coefficient (Wildman–Crippen LogP) is 3.28. The van der Waals surface area contributed by atoms with Crippen molar-refractivity contribution in [1.82, 2.24) is 5.32 Å². The van der Waals surface area contributed by atoms with Gasteiger partial charge in [0, 0.05) is 10.0 Å². The van der Waals surface area contributed by atoms with Crippen LogP contribution in [0.15, 0.2) is 46.4 Å². The minimum absolute atomic E-state index is 0.251. The van der Waals surface area contributed by atoms with Gasteiger partial charge in [0.25, 0.3) is 11.8 Å². The zero-order chi connectivity index (χ0) is 22.7. The van der Waals surface area contributed by atoms with E-state index in [1.165, 1.54) is 13.2 Å². The number of carbonyl (C=O) groups is 4. The number of hydrogen-bond acceptors (Lipinski definition) is 6. The maximum absolute atomic E-state index is 13.1. The van der Waals surface area contributed by atoms with E-state index in [0.717, 1.165) is 16.0 Å². The minimum Gasteiger partial charge on any atom is -0.481 e. The molecule has 1 N–H and O–H groups in total. The van der Waals surface area contributed by atoms with E-state index in [2.05, 4.69) is 26.0 Å². The maximum Gasteiger partial charge on any atom is 0.343 e. The summed E-state index contributed by atoms with van der Waals surface area (Å²) in [6, 6.07) is 9.18. The number of aryl methyl sites for hydroxylation is 2. The highest BCUT2D eigenvalue weighted by molar-refractivity contribution is 9.10. The van der Waals surface area contributed by atoms with E-state index in [-0.39, 0.29) is 17.9 Å². The number of carbonyl (C=O) groups excluding carboxylic acids is 4. The van der Waals surface area contributed by atoms with Crippen molar-refractivity contribution < 1.29 is 28.7 Å². The number of anilines is 1. The fourth-order valence-electron chi connectivity index (χ4n) is 2.87. The van der Waals surface area contributed by atoms with E-state index in [9.17, 15) is 19.2 Å². The topological polar surface area (TPSA) is 102 Å². The molecule has 1 heterocycles. The lowest BCUT2D eigenvalue weighted by Crippen LogP contribution is -2.54. The summed E-state index contributed by atoms with van der Waals surface area (Å²) in [6.07, 6.45) is 1.32. The third-order valence-electron chi connectivity index (χ3n) is 4.70. The van der Waals surface area contributed by atoms with Crippen LogP contribution in [0.1, 0.15) is 16.7 Å². The highest BCUT2D eigenvalue weighted by atomic mass is 79.9. The fourth-order valence-corrected chi connectivity index (χ4v) is 3.25. The van der Waals surface area contributed by atoms with Crippen LogP contribution in [-0.4, -0.2) is 37.5 Å². The molecule has 160 valence electrons. The average molecular weight is 487 g/mol. The first-order chi connectivity index (χ1) is 14.7. The summed E-state index contributed by atoms with van der Waals surface area (Å²) >= 11 is 3.33. The van der Waals surface area contributed by atoms with Gasteiger partial charge >= 0.3 is 12.0 Å². The Morgan fingerprint density at radius 2 is 1.84 bits per heavy atom. The van der Waals surface area contributed by atoms with Gasteiger partial charge in [-0.05, 0) is 61.4 Å². The van der Waals surface area contributed by atoms with Gasteiger partial charge < -0.3 is 9.47 Å². The predicted molar refractivity (Wildman–Crippen MR) is 117 cm³/mol. The molecular weight excluding hydrogens is 468 g/mol. The molecule has 2 aromatic rings. The number of imide groups is 2. The molecule has 1 aliphatic heterocycles. The highest BCUT2D eigenvalue weighted by Gasteiger charge is 2.37. The molecular formula is C22H19BrN2O6. The van der Waals surface area contributed by atoms with Crippen LogP contribution in [0.2, 0.25) is 0 Å². The van der Waals surface area contributed by atoms with Crippen molar-refractivity contribution in [3.8, 4) is 5.75 Å². The Morgan fingerprint density at radius 1 is 1.10 bits per heavy atom. The number of amides is 4. The Kier molecular flexibility index (Phi) is 6.55. The van der Waals surface area contributed by atoms with Crippen molar-refractivity contribution in [1.29, 1.82) is 0 Å². The number of rotatable bonds is 5. The molecule has 0 radical (unpaired) electrons. The third kappa shape index (κ3) is 4.83. The summed E-state index contributed by atoms with van der Waals surface area (Å²) in [6.45, 7) is 3.43. The minimum atomic E-state index is -0.827. The second-order valence-electron chi connectivity index (χ2n) is 6.77. The van der Waals surface area contributed by atoms with Gasteiger partial charge in [-0.1, -0.05) is 22.0 Å². The summed E-state index contributed by atoms with van der Waals surface area (Å²) < 4.78 is 10.7. The van der Waals surface area contributed by atoms with E-state index in [1.54, 1.807) is 36.4 Å². The van der Waals surface area contributed by atoms with Crippen LogP contribution in [0.4, 0.5) is 10.5 Å². The molecule has 0 spiro atoms. The molecule has 2 aromatic carbocycles. The van der Waals surface area contributed by atoms with Crippen LogP contribution in [-0.2, 0) is 19.1 Å². The number of benzene rings is 2. The molecule has 1 fully saturated rings. The second kappa shape index (κ2) is 9.13. The Bertz CT molecular complexity index is 1120. The molecule has 4 amide bonds. The lowest BCUT2D eigenvalue weighted by Gasteiger charge is -2.27. The number of methoxy groups -OCH3 is 1. The average Bonchev–Trinajstić information content (AvgIpc) is 2.72. The van der Waals surface area contributed by atoms with E-state index >= 15 is 0 Å². The van der Waals surface area contributed by atoms with Crippen LogP contribution in [0, 0.1) is 13.8 Å². The second-order valence-corrected chi connectivity index (χ2v) is 7.69. The van der Waals surface area contributed by atoms with Crippen LogP contribution in [0.25, 0.3) is 6.08 Å². The van der Waals surface area contributed by atoms with Crippen LogP contribution < -0.4 is 15.0 Å². The molecule has 0 aromatic heterocycles. The van der Waals surface area contributed by atoms with Crippen molar-refractivity contribution in [3.05, 3.63) is 63.1 Å². The van der Waals surface area contributed by atoms with Gasteiger partial charge in [0.15, 0.2) is 6.61 Å². The zero-order valence-corrected chi connectivity index (χ0v) is 18.6. The molecule has 3 rings (SSSR count). The van der Waals surface area contributed by atoms with Gasteiger partial charge in [-0.25, -0.2) is 14.5 Å². The number of nitrogens with one attached hydrogen (secondary N) is 1. The number of nitrogens with zero attached hydrogens (tertiary/aromatic N) is 1. The van der Waals surface area contributed by atoms with Gasteiger partial charge in [-0.3, -0.25) is 14.9 Å². The van der Waals surface area contributed by atoms with Crippen molar-refractivity contribution in [2.75, 3.05) is 18.6 Å². The number of esters is 1. The van der Waals surface area contributed by atoms with Crippen LogP contribution >= 0.6 is 15.9 Å². The Morgan fingerprint density at radius 3 is 2.52 bits per heavy atom. The van der Waals surface area contributed by atoms with Crippen LogP contribution in [0.3, 0.4) is 0 Å². The Hall–Kier alpha value is -3.46. The molecule has 0 unspecified atom stereocenters. The summed E-state index contributed by atoms with van der Waals surface area (Å²) in [5.41, 5.74) is 2.36. The van der Waals surface area contributed by atoms with E-state index < -0.39 is 23.8 Å². The Balaban J connectivity index is 2.01. The lowest BCUT2D eigenvalue weighted by atomic mass is 10.0. The van der Waals surface area contributed by atoms with Crippen molar-refractivity contribution in [2.24, 2.45) is 0 Å². The van der Waals surface area contributed by atoms with Crippen molar-refractivity contribution in [3.63, 3.8) is 0 Å². The van der Waals surface area contributed by atoms with Gasteiger partial charge in [0.2, 0.25) is 0 Å². The molecule has 0 aliphatic carbocycles. The number of halogens is 1. The highest BCUT2D eigenvalue weighted by Crippen LogP contribution is 2.28. The van der Waals surface area contributed by atoms with Gasteiger partial charge in [0.05, 0.1) is 12.8 Å². The number of urea groups is 1. The summed E-state index contributed by atoms with van der Waals surface area (Å²) in [5, 5.41) is 2.19. The summed E-state index contributed by atoms with van der Waals surface area (Å²) in [7, 11) is 1.24. The number of hydrogen-bond donors (Lipinski definition) is 1. The number of barbiturate groups is 1. The molecule has 8 nitrogen and oxygen atoms in total. The molecule has 0 saturated carbocycles. The monoisotopic (exact) mass is 486 g/mol. The normalized spacial score (nSPS) is 15.2. The first-order valence-corrected chi connectivity index (χ1v) is 9.98. The van der Waals surface area contributed by atoms with E-state index in [1.807, 2.05) is 13.8 Å². The molecule has 9 heteroatoms. The zero-order valence-electron chi connectivity index (χ0n) is 17.0. The van der Waals surface area contributed by atoms with Crippen LogP contribution in [0.5, 0.6) is 5.75 Å². The quantitative estimate of drug-likeness (QED) is 0.395. The number of ether oxygens (including phenoxy) is 2. The van der Waals surface area contributed by atoms with Crippen molar-refractivity contribution >= 4 is 51.5 Å². The first kappa shape index (κ1) is 22.2. The molecule has 1 saturated heterocycles. The lowest BCUT2D eigenvalue weighted by molar-refractivity contribution is -0.143. The largest absolute Gasteiger partial charge is 0.481 e. The molecule has 0 bridgehead atoms. The third-order valence-corrected chi connectivity index (χ3v) is 5.19. The standard InChI is InChI=1S/C22H19BrN2O6/c1-12-4-6-16(8-13(12)2)25-21(28)17(20(27)24-22(25)29)10-14-9-15(23)5-7-18(14)31-11-19(26)30-3/h4-10H,11H2,1-3H3,(H,24,27,29)/b17-10+. The van der Waals surface area contributed by atoms with Gasteiger partial charge in [-0.15, -0.1) is 0 Å². The summed E-state index contributed by atoms with van der Waals surface area (Å²) in [5.74, 6) is -1.92. The fraction of sp³-hybridized carbons (Fsp3) is 0.182. The SMILES string of the molecule is COC(=O)COc1ccc(Br)cc1/C=C1\C(=O)NC(=O)N(c2ccc(C)c(C)c2)C1=O. The summed E-state index contributed by atoms with van der Waals surface area (Å²) in [4.78, 5) is 50.3. The van der Waals surface area contributed by atoms with Crippen molar-refractivity contribution in [2.45, 2.75) is 13.8 Å². The Labute approximate surface area is 186 Å². The van der Waals surface area contributed by atoms with Gasteiger partial charge in [-0.2, -0.15) is 0 Å². The van der Waals surface area contributed by atoms with E-state index in [4.69, 9.17) is 4.74 Å². The first-order valence-electron chi connectivity index (χ1n) is 9.19. The van der Waals surface area contributed by atoms with Gasteiger partial charge in [0.1, 0.15) is 11.3 Å². The molecule has 0 atom stereocenters. The molecule has 1 aliphatic rings. The smallest absolute Gasteiger partial charge is 0.343 e. The maximum atomic E-state index is 13.1.